The summed E-state index contributed by atoms with van der Waals surface area (Å²) in [6.07, 6.45) is 1.47. The van der Waals surface area contributed by atoms with Crippen molar-refractivity contribution in [3.63, 3.8) is 0 Å². The van der Waals surface area contributed by atoms with Crippen LogP contribution in [0.3, 0.4) is 0 Å². The lowest BCUT2D eigenvalue weighted by Gasteiger charge is -2.24. The first-order chi connectivity index (χ1) is 10.6. The summed E-state index contributed by atoms with van der Waals surface area (Å²) in [6.45, 7) is 2.13. The minimum Gasteiger partial charge on any atom is -0.497 e. The lowest BCUT2D eigenvalue weighted by Crippen LogP contribution is -2.31. The Bertz CT molecular complexity index is 679. The van der Waals surface area contributed by atoms with Gasteiger partial charge in [0.25, 0.3) is 5.91 Å². The summed E-state index contributed by atoms with van der Waals surface area (Å²) in [5, 5.41) is 10.0. The van der Waals surface area contributed by atoms with E-state index >= 15 is 0 Å². The average Bonchev–Trinajstić information content (AvgIpc) is 3.12. The number of furan rings is 1. The highest BCUT2D eigenvalue weighted by atomic mass is 16.5. The molecule has 0 saturated carbocycles. The highest BCUT2D eigenvalue weighted by molar-refractivity contribution is 5.94. The maximum absolute atomic E-state index is 12.7. The highest BCUT2D eigenvalue weighted by Gasteiger charge is 2.36. The molecule has 2 heterocycles. The van der Waals surface area contributed by atoms with Crippen molar-refractivity contribution in [3.8, 4) is 5.75 Å². The Labute approximate surface area is 129 Å². The number of rotatable bonds is 3. The van der Waals surface area contributed by atoms with Crippen molar-refractivity contribution in [2.24, 2.45) is 0 Å². The fourth-order valence-electron chi connectivity index (χ4n) is 2.92. The third-order valence-electron chi connectivity index (χ3n) is 4.00. The second-order valence-electron chi connectivity index (χ2n) is 5.59. The Morgan fingerprint density at radius 2 is 2.23 bits per heavy atom. The summed E-state index contributed by atoms with van der Waals surface area (Å²) in [5.74, 6) is 1.31. The van der Waals surface area contributed by atoms with Crippen LogP contribution in [0.25, 0.3) is 0 Å². The van der Waals surface area contributed by atoms with Crippen molar-refractivity contribution in [1.82, 2.24) is 4.90 Å². The second-order valence-corrected chi connectivity index (χ2v) is 5.59. The molecule has 1 N–H and O–H groups in total. The first-order valence-electron chi connectivity index (χ1n) is 7.26. The molecule has 0 bridgehead atoms. The third-order valence-corrected chi connectivity index (χ3v) is 4.00. The van der Waals surface area contributed by atoms with Crippen LogP contribution in [0.2, 0.25) is 0 Å². The van der Waals surface area contributed by atoms with Crippen molar-refractivity contribution >= 4 is 5.91 Å². The van der Waals surface area contributed by atoms with Gasteiger partial charge in [0, 0.05) is 6.54 Å². The van der Waals surface area contributed by atoms with Crippen LogP contribution in [-0.2, 0) is 0 Å². The first-order valence-corrected chi connectivity index (χ1v) is 7.26. The van der Waals surface area contributed by atoms with E-state index in [1.54, 1.807) is 25.0 Å². The monoisotopic (exact) mass is 301 g/mol. The van der Waals surface area contributed by atoms with E-state index in [0.717, 1.165) is 11.3 Å². The lowest BCUT2D eigenvalue weighted by atomic mass is 10.0. The van der Waals surface area contributed by atoms with E-state index in [1.165, 1.54) is 6.26 Å². The fourth-order valence-corrected chi connectivity index (χ4v) is 2.92. The average molecular weight is 301 g/mol. The van der Waals surface area contributed by atoms with Gasteiger partial charge in [0.2, 0.25) is 0 Å². The van der Waals surface area contributed by atoms with Crippen LogP contribution in [-0.4, -0.2) is 35.7 Å². The molecule has 2 aromatic rings. The van der Waals surface area contributed by atoms with Crippen molar-refractivity contribution in [2.75, 3.05) is 13.7 Å². The zero-order chi connectivity index (χ0) is 15.7. The fraction of sp³-hybridized carbons (Fsp3) is 0.353. The predicted molar refractivity (Wildman–Crippen MR) is 80.8 cm³/mol. The van der Waals surface area contributed by atoms with Crippen molar-refractivity contribution < 1.29 is 19.1 Å². The number of ether oxygens (including phenoxy) is 1. The van der Waals surface area contributed by atoms with E-state index in [2.05, 4.69) is 0 Å². The van der Waals surface area contributed by atoms with E-state index < -0.39 is 6.10 Å². The normalized spacial score (nSPS) is 21.1. The number of amides is 1. The molecule has 0 aliphatic carbocycles. The third kappa shape index (κ3) is 2.72. The topological polar surface area (TPSA) is 62.9 Å². The zero-order valence-corrected chi connectivity index (χ0v) is 12.7. The molecule has 1 aromatic carbocycles. The SMILES string of the molecule is COc1cccc(C2CC(O)CN2C(=O)c2coc(C)c2)c1. The molecule has 0 radical (unpaired) electrons. The molecular weight excluding hydrogens is 282 g/mol. The van der Waals surface area contributed by atoms with Gasteiger partial charge < -0.3 is 19.2 Å². The second kappa shape index (κ2) is 5.85. The number of aliphatic hydroxyl groups excluding tert-OH is 1. The molecule has 1 amide bonds. The maximum atomic E-state index is 12.7. The summed E-state index contributed by atoms with van der Waals surface area (Å²) in [6, 6.07) is 9.17. The number of benzene rings is 1. The quantitative estimate of drug-likeness (QED) is 0.946. The van der Waals surface area contributed by atoms with Gasteiger partial charge in [-0.1, -0.05) is 12.1 Å². The number of methoxy groups -OCH3 is 1. The van der Waals surface area contributed by atoms with Gasteiger partial charge in [0.15, 0.2) is 0 Å². The molecule has 3 rings (SSSR count). The van der Waals surface area contributed by atoms with Gasteiger partial charge >= 0.3 is 0 Å². The summed E-state index contributed by atoms with van der Waals surface area (Å²) in [5.41, 5.74) is 1.48. The van der Waals surface area contributed by atoms with Crippen LogP contribution in [0.1, 0.15) is 34.1 Å². The number of hydrogen-bond donors (Lipinski definition) is 1. The van der Waals surface area contributed by atoms with E-state index in [-0.39, 0.29) is 11.9 Å². The molecule has 0 spiro atoms. The van der Waals surface area contributed by atoms with Crippen molar-refractivity contribution in [1.29, 1.82) is 0 Å². The molecule has 116 valence electrons. The van der Waals surface area contributed by atoms with Gasteiger partial charge in [0.05, 0.1) is 24.8 Å². The minimum absolute atomic E-state index is 0.124. The molecular formula is C17H19NO4. The van der Waals surface area contributed by atoms with E-state index in [0.29, 0.717) is 24.3 Å². The molecule has 1 aromatic heterocycles. The molecule has 1 aliphatic heterocycles. The molecule has 1 aliphatic rings. The maximum Gasteiger partial charge on any atom is 0.257 e. The van der Waals surface area contributed by atoms with E-state index in [1.807, 2.05) is 24.3 Å². The van der Waals surface area contributed by atoms with Crippen LogP contribution >= 0.6 is 0 Å². The number of hydrogen-bond acceptors (Lipinski definition) is 4. The Kier molecular flexibility index (Phi) is 3.90. The van der Waals surface area contributed by atoms with Crippen LogP contribution < -0.4 is 4.74 Å². The van der Waals surface area contributed by atoms with Crippen molar-refractivity contribution in [2.45, 2.75) is 25.5 Å². The number of carbonyl (C=O) groups excluding carboxylic acids is 1. The summed E-state index contributed by atoms with van der Waals surface area (Å²) >= 11 is 0. The Balaban J connectivity index is 1.90. The molecule has 22 heavy (non-hydrogen) atoms. The van der Waals surface area contributed by atoms with Gasteiger partial charge in [0.1, 0.15) is 17.8 Å². The zero-order valence-electron chi connectivity index (χ0n) is 12.7. The number of aliphatic hydroxyl groups is 1. The molecule has 2 unspecified atom stereocenters. The summed E-state index contributed by atoms with van der Waals surface area (Å²) in [4.78, 5) is 14.4. The largest absolute Gasteiger partial charge is 0.497 e. The predicted octanol–water partition coefficient (Wildman–Crippen LogP) is 2.54. The van der Waals surface area contributed by atoms with Crippen LogP contribution in [0, 0.1) is 6.92 Å². The molecule has 2 atom stereocenters. The van der Waals surface area contributed by atoms with E-state index in [4.69, 9.17) is 9.15 Å². The summed E-state index contributed by atoms with van der Waals surface area (Å²) < 4.78 is 10.5. The lowest BCUT2D eigenvalue weighted by molar-refractivity contribution is 0.0715. The Morgan fingerprint density at radius 1 is 1.41 bits per heavy atom. The first kappa shape index (κ1) is 14.7. The molecule has 1 saturated heterocycles. The van der Waals surface area contributed by atoms with Gasteiger partial charge in [-0.2, -0.15) is 0 Å². The Morgan fingerprint density at radius 3 is 2.91 bits per heavy atom. The minimum atomic E-state index is -0.520. The number of β-amino-alcohol motifs (C(OH)–C–C–N with tert-alkyl or cyclic N) is 1. The Hall–Kier alpha value is -2.27. The smallest absolute Gasteiger partial charge is 0.257 e. The summed E-state index contributed by atoms with van der Waals surface area (Å²) in [7, 11) is 1.61. The van der Waals surface area contributed by atoms with Gasteiger partial charge in [-0.15, -0.1) is 0 Å². The highest BCUT2D eigenvalue weighted by Crippen LogP contribution is 2.34. The number of likely N-dealkylation sites (tertiary alicyclic amines) is 1. The van der Waals surface area contributed by atoms with Gasteiger partial charge in [-0.3, -0.25) is 4.79 Å². The number of nitrogens with zero attached hydrogens (tertiary/aromatic N) is 1. The molecule has 5 heteroatoms. The van der Waals surface area contributed by atoms with E-state index in [9.17, 15) is 9.90 Å². The number of carbonyl (C=O) groups is 1. The van der Waals surface area contributed by atoms with Crippen LogP contribution in [0.5, 0.6) is 5.75 Å². The van der Waals surface area contributed by atoms with Crippen molar-refractivity contribution in [3.05, 3.63) is 53.5 Å². The molecule has 5 nitrogen and oxygen atoms in total. The van der Waals surface area contributed by atoms with Crippen LogP contribution in [0.4, 0.5) is 0 Å². The van der Waals surface area contributed by atoms with Crippen LogP contribution in [0.15, 0.2) is 41.0 Å². The number of aryl methyl sites for hydroxylation is 1. The van der Waals surface area contributed by atoms with Gasteiger partial charge in [-0.25, -0.2) is 0 Å². The van der Waals surface area contributed by atoms with Gasteiger partial charge in [-0.05, 0) is 37.1 Å². The standard InChI is InChI=1S/C17H19NO4/c1-11-6-13(10-22-11)17(20)18-9-14(19)8-16(18)12-4-3-5-15(7-12)21-2/h3-7,10,14,16,19H,8-9H2,1-2H3. The molecule has 1 fully saturated rings.